The Balaban J connectivity index is 2.73. The van der Waals surface area contributed by atoms with Gasteiger partial charge >= 0.3 is 0 Å². The van der Waals surface area contributed by atoms with Crippen LogP contribution in [0, 0.1) is 11.8 Å². The van der Waals surface area contributed by atoms with E-state index in [0.29, 0.717) is 6.42 Å². The highest BCUT2D eigenvalue weighted by atomic mass is 16.3. The minimum atomic E-state index is -0.972. The lowest BCUT2D eigenvalue weighted by Gasteiger charge is -2.27. The summed E-state index contributed by atoms with van der Waals surface area (Å²) >= 11 is 0. The number of nitrogens with two attached hydrogens (primary N) is 1. The van der Waals surface area contributed by atoms with E-state index in [4.69, 9.17) is 5.73 Å². The average Bonchev–Trinajstić information content (AvgIpc) is 2.58. The molecule has 0 aromatic carbocycles. The van der Waals surface area contributed by atoms with E-state index in [2.05, 4.69) is 10.6 Å². The highest BCUT2D eigenvalue weighted by Gasteiger charge is 2.32. The highest BCUT2D eigenvalue weighted by molar-refractivity contribution is 5.93. The van der Waals surface area contributed by atoms with Crippen molar-refractivity contribution in [3.8, 4) is 0 Å². The lowest BCUT2D eigenvalue weighted by atomic mass is 9.89. The SMILES string of the molecule is CC(C)C(=O)[C@H](CCN)NC(=O)[C@@H](CC(=O)[C@@H]1CCCCN1)C(C)O. The minimum absolute atomic E-state index is 0.0353. The van der Waals surface area contributed by atoms with Crippen LogP contribution in [0.5, 0.6) is 0 Å². The van der Waals surface area contributed by atoms with Gasteiger partial charge in [0.1, 0.15) is 0 Å². The Kier molecular flexibility index (Phi) is 9.24. The number of aliphatic hydroxyl groups excluding tert-OH is 1. The van der Waals surface area contributed by atoms with E-state index in [9.17, 15) is 19.5 Å². The minimum Gasteiger partial charge on any atom is -0.393 e. The number of amides is 1. The first-order chi connectivity index (χ1) is 11.8. The maximum Gasteiger partial charge on any atom is 0.226 e. The van der Waals surface area contributed by atoms with Gasteiger partial charge in [0.25, 0.3) is 0 Å². The van der Waals surface area contributed by atoms with Crippen LogP contribution in [0.2, 0.25) is 0 Å². The smallest absolute Gasteiger partial charge is 0.226 e. The number of hydrogen-bond donors (Lipinski definition) is 4. The van der Waals surface area contributed by atoms with Gasteiger partial charge in [-0.25, -0.2) is 0 Å². The molecule has 1 unspecified atom stereocenters. The van der Waals surface area contributed by atoms with Crippen molar-refractivity contribution in [2.24, 2.45) is 17.6 Å². The molecule has 5 N–H and O–H groups in total. The van der Waals surface area contributed by atoms with Crippen LogP contribution in [0.1, 0.15) is 52.9 Å². The van der Waals surface area contributed by atoms with Gasteiger partial charge in [-0.1, -0.05) is 20.3 Å². The van der Waals surface area contributed by atoms with Gasteiger partial charge < -0.3 is 21.5 Å². The first kappa shape index (κ1) is 21.7. The number of carbonyl (C=O) groups excluding carboxylic acids is 3. The fraction of sp³-hybridized carbons (Fsp3) is 0.833. The van der Waals surface area contributed by atoms with E-state index in [-0.39, 0.29) is 36.5 Å². The molecule has 4 atom stereocenters. The van der Waals surface area contributed by atoms with Crippen LogP contribution in [-0.4, -0.2) is 53.9 Å². The molecule has 0 spiro atoms. The summed E-state index contributed by atoms with van der Waals surface area (Å²) in [5.41, 5.74) is 5.54. The number of rotatable bonds is 10. The van der Waals surface area contributed by atoms with Gasteiger partial charge in [-0.15, -0.1) is 0 Å². The first-order valence-electron chi connectivity index (χ1n) is 9.26. The van der Waals surface area contributed by atoms with Crippen LogP contribution < -0.4 is 16.4 Å². The predicted octanol–water partition coefficient (Wildman–Crippen LogP) is 0.143. The molecular weight excluding hydrogens is 322 g/mol. The molecule has 0 bridgehead atoms. The van der Waals surface area contributed by atoms with E-state index in [1.807, 2.05) is 0 Å². The van der Waals surface area contributed by atoms with Crippen LogP contribution in [-0.2, 0) is 14.4 Å². The molecule has 7 heteroatoms. The topological polar surface area (TPSA) is 122 Å². The zero-order chi connectivity index (χ0) is 19.0. The van der Waals surface area contributed by atoms with Crippen LogP contribution in [0.3, 0.4) is 0 Å². The van der Waals surface area contributed by atoms with E-state index in [0.717, 1.165) is 25.8 Å². The molecule has 1 aliphatic rings. The van der Waals surface area contributed by atoms with E-state index < -0.39 is 24.0 Å². The zero-order valence-electron chi connectivity index (χ0n) is 15.6. The first-order valence-corrected chi connectivity index (χ1v) is 9.26. The number of ketones is 2. The van der Waals surface area contributed by atoms with Crippen molar-refractivity contribution in [2.45, 2.75) is 71.1 Å². The van der Waals surface area contributed by atoms with Crippen molar-refractivity contribution in [3.05, 3.63) is 0 Å². The zero-order valence-corrected chi connectivity index (χ0v) is 15.6. The van der Waals surface area contributed by atoms with Gasteiger partial charge in [-0.3, -0.25) is 14.4 Å². The van der Waals surface area contributed by atoms with Crippen LogP contribution in [0.25, 0.3) is 0 Å². The van der Waals surface area contributed by atoms with Crippen molar-refractivity contribution < 1.29 is 19.5 Å². The number of aliphatic hydroxyl groups is 1. The van der Waals surface area contributed by atoms with Crippen LogP contribution >= 0.6 is 0 Å². The van der Waals surface area contributed by atoms with Gasteiger partial charge in [0.2, 0.25) is 5.91 Å². The van der Waals surface area contributed by atoms with Gasteiger partial charge in [0.05, 0.1) is 24.1 Å². The van der Waals surface area contributed by atoms with Crippen molar-refractivity contribution >= 4 is 17.5 Å². The number of hydrogen-bond acceptors (Lipinski definition) is 6. The van der Waals surface area contributed by atoms with Crippen LogP contribution in [0.4, 0.5) is 0 Å². The van der Waals surface area contributed by atoms with Gasteiger partial charge in [0, 0.05) is 12.3 Å². The molecule has 1 amide bonds. The van der Waals surface area contributed by atoms with Crippen molar-refractivity contribution in [1.82, 2.24) is 10.6 Å². The average molecular weight is 355 g/mol. The van der Waals surface area contributed by atoms with Gasteiger partial charge in [0.15, 0.2) is 11.6 Å². The number of Topliss-reactive ketones (excluding diaryl/α,β-unsaturated/α-hetero) is 2. The fourth-order valence-electron chi connectivity index (χ4n) is 3.10. The molecule has 0 radical (unpaired) electrons. The van der Waals surface area contributed by atoms with Crippen LogP contribution in [0.15, 0.2) is 0 Å². The standard InChI is InChI=1S/C18H33N3O4/c1-11(2)17(24)15(7-8-19)21-18(25)13(12(3)22)10-16(23)14-6-4-5-9-20-14/h11-15,20,22H,4-10,19H2,1-3H3,(H,21,25)/t12?,13-,14-,15-/m0/s1. The normalized spacial score (nSPS) is 21.4. The maximum atomic E-state index is 12.6. The summed E-state index contributed by atoms with van der Waals surface area (Å²) in [6.45, 7) is 6.09. The Morgan fingerprint density at radius 3 is 2.40 bits per heavy atom. The van der Waals surface area contributed by atoms with E-state index in [1.54, 1.807) is 13.8 Å². The predicted molar refractivity (Wildman–Crippen MR) is 95.9 cm³/mol. The molecule has 25 heavy (non-hydrogen) atoms. The molecule has 1 heterocycles. The lowest BCUT2D eigenvalue weighted by Crippen LogP contribution is -2.49. The fourth-order valence-corrected chi connectivity index (χ4v) is 3.10. The van der Waals surface area contributed by atoms with Gasteiger partial charge in [-0.05, 0) is 39.3 Å². The Labute approximate surface area is 150 Å². The summed E-state index contributed by atoms with van der Waals surface area (Å²) in [6.07, 6.45) is 2.12. The molecule has 0 aromatic rings. The molecule has 1 aliphatic heterocycles. The molecule has 1 saturated heterocycles. The molecule has 0 aromatic heterocycles. The second kappa shape index (κ2) is 10.6. The number of piperidine rings is 1. The molecular formula is C18H33N3O4. The summed E-state index contributed by atoms with van der Waals surface area (Å²) in [6, 6.07) is -0.929. The lowest BCUT2D eigenvalue weighted by molar-refractivity contribution is -0.136. The summed E-state index contributed by atoms with van der Waals surface area (Å²) in [5.74, 6) is -1.72. The summed E-state index contributed by atoms with van der Waals surface area (Å²) in [4.78, 5) is 37.2. The van der Waals surface area contributed by atoms with E-state index >= 15 is 0 Å². The molecule has 0 aliphatic carbocycles. The Morgan fingerprint density at radius 2 is 1.92 bits per heavy atom. The third-order valence-electron chi connectivity index (χ3n) is 4.72. The molecule has 0 saturated carbocycles. The highest BCUT2D eigenvalue weighted by Crippen LogP contribution is 2.17. The summed E-state index contributed by atoms with van der Waals surface area (Å²) in [5, 5.41) is 15.8. The second-order valence-electron chi connectivity index (χ2n) is 7.22. The Morgan fingerprint density at radius 1 is 1.24 bits per heavy atom. The third-order valence-corrected chi connectivity index (χ3v) is 4.72. The molecule has 7 nitrogen and oxygen atoms in total. The third kappa shape index (κ3) is 6.84. The molecule has 1 rings (SSSR count). The summed E-state index contributed by atoms with van der Waals surface area (Å²) in [7, 11) is 0. The summed E-state index contributed by atoms with van der Waals surface area (Å²) < 4.78 is 0. The van der Waals surface area contributed by atoms with Crippen molar-refractivity contribution in [2.75, 3.05) is 13.1 Å². The Hall–Kier alpha value is -1.31. The monoisotopic (exact) mass is 355 g/mol. The molecule has 1 fully saturated rings. The second-order valence-corrected chi connectivity index (χ2v) is 7.22. The Bertz CT molecular complexity index is 459. The van der Waals surface area contributed by atoms with Crippen molar-refractivity contribution in [3.63, 3.8) is 0 Å². The van der Waals surface area contributed by atoms with Crippen molar-refractivity contribution in [1.29, 1.82) is 0 Å². The molecule has 144 valence electrons. The number of nitrogens with one attached hydrogen (secondary N) is 2. The van der Waals surface area contributed by atoms with Gasteiger partial charge in [-0.2, -0.15) is 0 Å². The maximum absolute atomic E-state index is 12.6. The largest absolute Gasteiger partial charge is 0.393 e. The number of carbonyl (C=O) groups is 3. The van der Waals surface area contributed by atoms with E-state index in [1.165, 1.54) is 6.92 Å². The quantitative estimate of drug-likeness (QED) is 0.442.